The molecule has 1 N–H and O–H groups in total. The molecular formula is C22H31N3O5. The number of hydrogen-bond donors (Lipinski definition) is 1. The standard InChI is InChI=1S/C22H31N3O5/c1-22(2,3)21-24-20(30-25-21)10-9-19(26)23-13-15-7-8-17(18(12-15)27-4)29-14-16-6-5-11-28-16/h7-8,12,16H,5-6,9-11,13-14H2,1-4H3,(H,23,26). The minimum atomic E-state index is -0.178. The molecule has 3 rings (SSSR count). The predicted octanol–water partition coefficient (Wildman–Crippen LogP) is 3.18. The number of aryl methyl sites for hydroxylation is 1. The molecular weight excluding hydrogens is 386 g/mol. The van der Waals surface area contributed by atoms with E-state index in [0.717, 1.165) is 25.0 Å². The number of carbonyl (C=O) groups is 1. The summed E-state index contributed by atoms with van der Waals surface area (Å²) in [7, 11) is 1.60. The van der Waals surface area contributed by atoms with Crippen LogP contribution in [0.25, 0.3) is 0 Å². The molecule has 30 heavy (non-hydrogen) atoms. The number of nitrogens with one attached hydrogen (secondary N) is 1. The van der Waals surface area contributed by atoms with Gasteiger partial charge in [0.2, 0.25) is 11.8 Å². The maximum Gasteiger partial charge on any atom is 0.227 e. The molecule has 1 fully saturated rings. The van der Waals surface area contributed by atoms with Gasteiger partial charge < -0.3 is 24.1 Å². The zero-order valence-electron chi connectivity index (χ0n) is 18.2. The Bertz CT molecular complexity index is 838. The Hall–Kier alpha value is -2.61. The first-order chi connectivity index (χ1) is 14.3. The Labute approximate surface area is 177 Å². The van der Waals surface area contributed by atoms with Gasteiger partial charge in [-0.25, -0.2) is 0 Å². The van der Waals surface area contributed by atoms with Gasteiger partial charge in [-0.3, -0.25) is 4.79 Å². The Morgan fingerprint density at radius 1 is 1.30 bits per heavy atom. The molecule has 1 atom stereocenters. The smallest absolute Gasteiger partial charge is 0.227 e. The van der Waals surface area contributed by atoms with Crippen LogP contribution in [0.5, 0.6) is 11.5 Å². The van der Waals surface area contributed by atoms with Gasteiger partial charge in [-0.15, -0.1) is 0 Å². The molecule has 164 valence electrons. The molecule has 1 aromatic heterocycles. The highest BCUT2D eigenvalue weighted by Gasteiger charge is 2.21. The van der Waals surface area contributed by atoms with Crippen molar-refractivity contribution in [3.05, 3.63) is 35.5 Å². The van der Waals surface area contributed by atoms with Crippen molar-refractivity contribution in [1.82, 2.24) is 15.5 Å². The normalized spacial score (nSPS) is 16.5. The molecule has 1 aliphatic heterocycles. The van der Waals surface area contributed by atoms with E-state index in [1.54, 1.807) is 7.11 Å². The average molecular weight is 418 g/mol. The Balaban J connectivity index is 1.46. The molecule has 2 heterocycles. The Morgan fingerprint density at radius 3 is 2.80 bits per heavy atom. The number of amides is 1. The highest BCUT2D eigenvalue weighted by Crippen LogP contribution is 2.29. The number of hydrogen-bond acceptors (Lipinski definition) is 7. The minimum Gasteiger partial charge on any atom is -0.493 e. The molecule has 0 bridgehead atoms. The van der Waals surface area contributed by atoms with Crippen LogP contribution in [-0.4, -0.2) is 42.5 Å². The highest BCUT2D eigenvalue weighted by atomic mass is 16.5. The third-order valence-corrected chi connectivity index (χ3v) is 4.87. The van der Waals surface area contributed by atoms with Gasteiger partial charge >= 0.3 is 0 Å². The Morgan fingerprint density at radius 2 is 2.13 bits per heavy atom. The summed E-state index contributed by atoms with van der Waals surface area (Å²) in [6, 6.07) is 5.65. The fraction of sp³-hybridized carbons (Fsp3) is 0.591. The lowest BCUT2D eigenvalue weighted by Crippen LogP contribution is -2.23. The summed E-state index contributed by atoms with van der Waals surface area (Å²) in [5, 5.41) is 6.88. The van der Waals surface area contributed by atoms with Gasteiger partial charge in [0.05, 0.1) is 13.2 Å². The molecule has 8 nitrogen and oxygen atoms in total. The zero-order chi connectivity index (χ0) is 21.6. The number of ether oxygens (including phenoxy) is 3. The molecule has 2 aromatic rings. The van der Waals surface area contributed by atoms with Crippen LogP contribution >= 0.6 is 0 Å². The van der Waals surface area contributed by atoms with Crippen LogP contribution in [0.3, 0.4) is 0 Å². The lowest BCUT2D eigenvalue weighted by Gasteiger charge is -2.15. The van der Waals surface area contributed by atoms with Crippen molar-refractivity contribution in [2.45, 2.75) is 64.5 Å². The summed E-state index contributed by atoms with van der Waals surface area (Å²) in [4.78, 5) is 16.5. The molecule has 1 saturated heterocycles. The fourth-order valence-electron chi connectivity index (χ4n) is 3.07. The first-order valence-corrected chi connectivity index (χ1v) is 10.4. The summed E-state index contributed by atoms with van der Waals surface area (Å²) in [6.45, 7) is 7.76. The van der Waals surface area contributed by atoms with E-state index in [1.165, 1.54) is 0 Å². The maximum absolute atomic E-state index is 12.2. The first-order valence-electron chi connectivity index (χ1n) is 10.4. The fourth-order valence-corrected chi connectivity index (χ4v) is 3.07. The predicted molar refractivity (Wildman–Crippen MR) is 111 cm³/mol. The van der Waals surface area contributed by atoms with Crippen LogP contribution in [0.1, 0.15) is 57.3 Å². The van der Waals surface area contributed by atoms with Crippen LogP contribution in [0.4, 0.5) is 0 Å². The lowest BCUT2D eigenvalue weighted by molar-refractivity contribution is -0.121. The van der Waals surface area contributed by atoms with Crippen molar-refractivity contribution >= 4 is 5.91 Å². The van der Waals surface area contributed by atoms with Gasteiger partial charge in [-0.1, -0.05) is 32.0 Å². The van der Waals surface area contributed by atoms with Crippen LogP contribution in [0, 0.1) is 0 Å². The van der Waals surface area contributed by atoms with Crippen LogP contribution < -0.4 is 14.8 Å². The quantitative estimate of drug-likeness (QED) is 0.669. The van der Waals surface area contributed by atoms with E-state index in [1.807, 2.05) is 39.0 Å². The first kappa shape index (κ1) is 22.1. The Kier molecular flexibility index (Phi) is 7.31. The summed E-state index contributed by atoms with van der Waals surface area (Å²) < 4.78 is 22.1. The average Bonchev–Trinajstić information content (AvgIpc) is 3.41. The van der Waals surface area contributed by atoms with E-state index in [2.05, 4.69) is 15.5 Å². The van der Waals surface area contributed by atoms with Crippen molar-refractivity contribution in [3.8, 4) is 11.5 Å². The second-order valence-corrected chi connectivity index (χ2v) is 8.47. The highest BCUT2D eigenvalue weighted by molar-refractivity contribution is 5.76. The van der Waals surface area contributed by atoms with Gasteiger partial charge in [-0.2, -0.15) is 4.98 Å². The van der Waals surface area contributed by atoms with E-state index < -0.39 is 0 Å². The molecule has 1 amide bonds. The maximum atomic E-state index is 12.2. The van der Waals surface area contributed by atoms with E-state index in [9.17, 15) is 4.79 Å². The van der Waals surface area contributed by atoms with Crippen LogP contribution in [0.15, 0.2) is 22.7 Å². The molecule has 8 heteroatoms. The number of nitrogens with zero attached hydrogens (tertiary/aromatic N) is 2. The van der Waals surface area contributed by atoms with E-state index in [-0.39, 0.29) is 23.8 Å². The number of methoxy groups -OCH3 is 1. The molecule has 0 aliphatic carbocycles. The van der Waals surface area contributed by atoms with Gasteiger partial charge in [0.25, 0.3) is 0 Å². The molecule has 0 spiro atoms. The SMILES string of the molecule is COc1cc(CNC(=O)CCc2nc(C(C)(C)C)no2)ccc1OCC1CCCO1. The number of rotatable bonds is 9. The summed E-state index contributed by atoms with van der Waals surface area (Å²) in [6.07, 6.45) is 2.94. The minimum absolute atomic E-state index is 0.0804. The third kappa shape index (κ3) is 6.19. The zero-order valence-corrected chi connectivity index (χ0v) is 18.2. The molecule has 0 radical (unpaired) electrons. The summed E-state index contributed by atoms with van der Waals surface area (Å²) in [5.74, 6) is 2.36. The second-order valence-electron chi connectivity index (χ2n) is 8.47. The largest absolute Gasteiger partial charge is 0.493 e. The molecule has 1 aromatic carbocycles. The van der Waals surface area contributed by atoms with Gasteiger partial charge in [0.1, 0.15) is 6.61 Å². The van der Waals surface area contributed by atoms with Crippen molar-refractivity contribution in [1.29, 1.82) is 0 Å². The topological polar surface area (TPSA) is 95.7 Å². The van der Waals surface area contributed by atoms with Gasteiger partial charge in [-0.05, 0) is 30.5 Å². The lowest BCUT2D eigenvalue weighted by atomic mass is 9.96. The van der Waals surface area contributed by atoms with E-state index in [4.69, 9.17) is 18.7 Å². The molecule has 1 unspecified atom stereocenters. The van der Waals surface area contributed by atoms with Crippen molar-refractivity contribution in [2.24, 2.45) is 0 Å². The van der Waals surface area contributed by atoms with Gasteiger partial charge in [0, 0.05) is 31.4 Å². The van der Waals surface area contributed by atoms with Gasteiger partial charge in [0.15, 0.2) is 17.3 Å². The number of aromatic nitrogens is 2. The third-order valence-electron chi connectivity index (χ3n) is 4.87. The number of carbonyl (C=O) groups excluding carboxylic acids is 1. The molecule has 1 aliphatic rings. The number of benzene rings is 1. The second kappa shape index (κ2) is 9.93. The van der Waals surface area contributed by atoms with Crippen LogP contribution in [0.2, 0.25) is 0 Å². The monoisotopic (exact) mass is 417 g/mol. The van der Waals surface area contributed by atoms with Crippen molar-refractivity contribution in [3.63, 3.8) is 0 Å². The van der Waals surface area contributed by atoms with Crippen LogP contribution in [-0.2, 0) is 27.9 Å². The van der Waals surface area contributed by atoms with E-state index in [0.29, 0.717) is 42.8 Å². The molecule has 0 saturated carbocycles. The van der Waals surface area contributed by atoms with Crippen molar-refractivity contribution < 1.29 is 23.5 Å². The van der Waals surface area contributed by atoms with E-state index >= 15 is 0 Å². The summed E-state index contributed by atoms with van der Waals surface area (Å²) in [5.41, 5.74) is 0.751. The summed E-state index contributed by atoms with van der Waals surface area (Å²) >= 11 is 0. The van der Waals surface area contributed by atoms with Crippen molar-refractivity contribution in [2.75, 3.05) is 20.3 Å².